The Bertz CT molecular complexity index is 1010. The summed E-state index contributed by atoms with van der Waals surface area (Å²) >= 11 is 0. The van der Waals surface area contributed by atoms with Crippen LogP contribution in [0.15, 0.2) is 54.7 Å². The summed E-state index contributed by atoms with van der Waals surface area (Å²) in [5.41, 5.74) is 2.91. The Morgan fingerprint density at radius 2 is 1.55 bits per heavy atom. The van der Waals surface area contributed by atoms with E-state index >= 15 is 0 Å². The number of hydrogen-bond acceptors (Lipinski definition) is 3. The van der Waals surface area contributed by atoms with E-state index in [2.05, 4.69) is 21.0 Å². The number of anilines is 2. The van der Waals surface area contributed by atoms with Gasteiger partial charge >= 0.3 is 6.03 Å². The van der Waals surface area contributed by atoms with Crippen molar-refractivity contribution in [2.75, 3.05) is 10.6 Å². The molecule has 29 heavy (non-hydrogen) atoms. The highest BCUT2D eigenvalue weighted by Gasteiger charge is 2.15. The van der Waals surface area contributed by atoms with Gasteiger partial charge in [-0.3, -0.25) is 4.79 Å². The Morgan fingerprint density at radius 3 is 2.14 bits per heavy atom. The molecule has 1 aromatic heterocycles. The summed E-state index contributed by atoms with van der Waals surface area (Å²) in [4.78, 5) is 24.3. The van der Waals surface area contributed by atoms with Crippen LogP contribution in [0.4, 0.5) is 20.6 Å². The molecule has 0 unspecified atom stereocenters. The van der Waals surface area contributed by atoms with Crippen LogP contribution in [-0.4, -0.2) is 27.8 Å². The van der Waals surface area contributed by atoms with E-state index in [0.717, 1.165) is 0 Å². The van der Waals surface area contributed by atoms with Crippen LogP contribution >= 0.6 is 0 Å². The van der Waals surface area contributed by atoms with Gasteiger partial charge in [0.2, 0.25) is 0 Å². The maximum absolute atomic E-state index is 13.1. The average Bonchev–Trinajstić information content (AvgIpc) is 3.05. The molecule has 2 aromatic carbocycles. The van der Waals surface area contributed by atoms with Crippen molar-refractivity contribution in [1.82, 2.24) is 15.1 Å². The summed E-state index contributed by atoms with van der Waals surface area (Å²) in [6, 6.07) is 12.4. The van der Waals surface area contributed by atoms with Gasteiger partial charge in [-0.05, 0) is 69.3 Å². The largest absolute Gasteiger partial charge is 0.336 e. The summed E-state index contributed by atoms with van der Waals surface area (Å²) < 4.78 is 14.7. The van der Waals surface area contributed by atoms with Gasteiger partial charge in [0.05, 0.1) is 23.1 Å². The predicted molar refractivity (Wildman–Crippen MR) is 110 cm³/mol. The molecule has 7 nitrogen and oxygen atoms in total. The topological polar surface area (TPSA) is 88.1 Å². The smallest absolute Gasteiger partial charge is 0.319 e. The standard InChI is InChI=1S/C21H22FN5O2/c1-13(2)24-21(29)26-17-8-6-16(7-9-17)25-20(28)19-12-23-27(14(19)3)18-10-4-15(22)5-11-18/h4-13H,1-3H3,(H,25,28)(H2,24,26,29). The summed E-state index contributed by atoms with van der Waals surface area (Å²) in [6.45, 7) is 5.52. The number of nitrogens with zero attached hydrogens (tertiary/aromatic N) is 2. The Balaban J connectivity index is 1.67. The van der Waals surface area contributed by atoms with Gasteiger partial charge in [-0.25, -0.2) is 13.9 Å². The van der Waals surface area contributed by atoms with Crippen molar-refractivity contribution < 1.29 is 14.0 Å². The van der Waals surface area contributed by atoms with E-state index in [1.807, 2.05) is 13.8 Å². The first-order valence-corrected chi connectivity index (χ1v) is 9.13. The number of amides is 3. The lowest BCUT2D eigenvalue weighted by atomic mass is 10.2. The van der Waals surface area contributed by atoms with Crippen molar-refractivity contribution in [3.8, 4) is 5.69 Å². The molecule has 150 valence electrons. The predicted octanol–water partition coefficient (Wildman–Crippen LogP) is 4.10. The van der Waals surface area contributed by atoms with Gasteiger partial charge in [0.1, 0.15) is 5.82 Å². The molecular formula is C21H22FN5O2. The van der Waals surface area contributed by atoms with Crippen molar-refractivity contribution in [2.45, 2.75) is 26.8 Å². The highest BCUT2D eigenvalue weighted by Crippen LogP contribution is 2.18. The van der Waals surface area contributed by atoms with Crippen molar-refractivity contribution in [3.63, 3.8) is 0 Å². The zero-order valence-corrected chi connectivity index (χ0v) is 16.4. The van der Waals surface area contributed by atoms with Crippen LogP contribution < -0.4 is 16.0 Å². The number of rotatable bonds is 5. The lowest BCUT2D eigenvalue weighted by molar-refractivity contribution is 0.102. The molecule has 1 heterocycles. The van der Waals surface area contributed by atoms with Gasteiger partial charge in [0.25, 0.3) is 5.91 Å². The van der Waals surface area contributed by atoms with E-state index in [-0.39, 0.29) is 23.8 Å². The van der Waals surface area contributed by atoms with Crippen LogP contribution in [0, 0.1) is 12.7 Å². The molecule has 0 fully saturated rings. The first-order valence-electron chi connectivity index (χ1n) is 9.13. The number of aromatic nitrogens is 2. The maximum atomic E-state index is 13.1. The van der Waals surface area contributed by atoms with Crippen LogP contribution in [-0.2, 0) is 0 Å². The molecule has 3 N–H and O–H groups in total. The maximum Gasteiger partial charge on any atom is 0.319 e. The fourth-order valence-corrected chi connectivity index (χ4v) is 2.74. The quantitative estimate of drug-likeness (QED) is 0.608. The molecule has 8 heteroatoms. The fraction of sp³-hybridized carbons (Fsp3) is 0.190. The molecule has 3 amide bonds. The van der Waals surface area contributed by atoms with E-state index < -0.39 is 0 Å². The number of halogens is 1. The van der Waals surface area contributed by atoms with Crippen LogP contribution in [0.5, 0.6) is 0 Å². The second-order valence-corrected chi connectivity index (χ2v) is 6.82. The van der Waals surface area contributed by atoms with E-state index in [0.29, 0.717) is 28.3 Å². The molecule has 0 radical (unpaired) electrons. The number of urea groups is 1. The molecular weight excluding hydrogens is 373 g/mol. The average molecular weight is 395 g/mol. The van der Waals surface area contributed by atoms with Crippen molar-refractivity contribution >= 4 is 23.3 Å². The Kier molecular flexibility index (Phi) is 5.92. The van der Waals surface area contributed by atoms with E-state index in [9.17, 15) is 14.0 Å². The molecule has 0 bridgehead atoms. The van der Waals surface area contributed by atoms with E-state index in [1.165, 1.54) is 18.3 Å². The summed E-state index contributed by atoms with van der Waals surface area (Å²) in [7, 11) is 0. The lowest BCUT2D eigenvalue weighted by Gasteiger charge is -2.11. The number of carbonyl (C=O) groups is 2. The highest BCUT2D eigenvalue weighted by molar-refractivity contribution is 6.05. The SMILES string of the molecule is Cc1c(C(=O)Nc2ccc(NC(=O)NC(C)C)cc2)cnn1-c1ccc(F)cc1. The molecule has 3 aromatic rings. The highest BCUT2D eigenvalue weighted by atomic mass is 19.1. The van der Waals surface area contributed by atoms with Gasteiger partial charge in [-0.2, -0.15) is 5.10 Å². The lowest BCUT2D eigenvalue weighted by Crippen LogP contribution is -2.34. The Morgan fingerprint density at radius 1 is 0.966 bits per heavy atom. The van der Waals surface area contributed by atoms with Crippen molar-refractivity contribution in [3.05, 3.63) is 71.8 Å². The Hall–Kier alpha value is -3.68. The molecule has 0 saturated carbocycles. The van der Waals surface area contributed by atoms with Gasteiger partial charge in [0, 0.05) is 17.4 Å². The second-order valence-electron chi connectivity index (χ2n) is 6.82. The third-order valence-electron chi connectivity index (χ3n) is 4.15. The normalized spacial score (nSPS) is 10.7. The minimum Gasteiger partial charge on any atom is -0.336 e. The first-order chi connectivity index (χ1) is 13.8. The first kappa shape index (κ1) is 20.1. The fourth-order valence-electron chi connectivity index (χ4n) is 2.74. The molecule has 0 saturated heterocycles. The molecule has 0 atom stereocenters. The van der Waals surface area contributed by atoms with Gasteiger partial charge < -0.3 is 16.0 Å². The van der Waals surface area contributed by atoms with Crippen LogP contribution in [0.1, 0.15) is 29.9 Å². The third-order valence-corrected chi connectivity index (χ3v) is 4.15. The number of hydrogen-bond donors (Lipinski definition) is 3. The molecule has 0 aliphatic heterocycles. The van der Waals surface area contributed by atoms with Crippen LogP contribution in [0.25, 0.3) is 5.69 Å². The van der Waals surface area contributed by atoms with E-state index in [4.69, 9.17) is 0 Å². The molecule has 0 aliphatic carbocycles. The monoisotopic (exact) mass is 395 g/mol. The van der Waals surface area contributed by atoms with Gasteiger partial charge in [-0.1, -0.05) is 0 Å². The zero-order chi connectivity index (χ0) is 21.0. The van der Waals surface area contributed by atoms with Gasteiger partial charge in [0.15, 0.2) is 0 Å². The molecule has 0 aliphatic rings. The van der Waals surface area contributed by atoms with Crippen molar-refractivity contribution in [1.29, 1.82) is 0 Å². The zero-order valence-electron chi connectivity index (χ0n) is 16.4. The molecule has 3 rings (SSSR count). The summed E-state index contributed by atoms with van der Waals surface area (Å²) in [6.07, 6.45) is 1.47. The van der Waals surface area contributed by atoms with Crippen LogP contribution in [0.2, 0.25) is 0 Å². The number of nitrogens with one attached hydrogen (secondary N) is 3. The number of benzene rings is 2. The van der Waals surface area contributed by atoms with Crippen molar-refractivity contribution in [2.24, 2.45) is 0 Å². The summed E-state index contributed by atoms with van der Waals surface area (Å²) in [5, 5.41) is 12.5. The second kappa shape index (κ2) is 8.55. The molecule has 0 spiro atoms. The summed E-state index contributed by atoms with van der Waals surface area (Å²) in [5.74, 6) is -0.648. The number of carbonyl (C=O) groups excluding carboxylic acids is 2. The van der Waals surface area contributed by atoms with E-state index in [1.54, 1.807) is 48.0 Å². The minimum absolute atomic E-state index is 0.0348. The third kappa shape index (κ3) is 4.98. The minimum atomic E-state index is -0.337. The van der Waals surface area contributed by atoms with Crippen LogP contribution in [0.3, 0.4) is 0 Å². The Labute approximate surface area is 167 Å². The van der Waals surface area contributed by atoms with Gasteiger partial charge in [-0.15, -0.1) is 0 Å².